The molecule has 7 nitrogen and oxygen atoms in total. The fourth-order valence-corrected chi connectivity index (χ4v) is 3.47. The molecule has 0 aromatic heterocycles. The molecule has 176 valence electrons. The molecular formula is C27H30N4O3. The fraction of sp³-hybridized carbons (Fsp3) is 0.222. The first-order valence-electron chi connectivity index (χ1n) is 11.3. The predicted molar refractivity (Wildman–Crippen MR) is 136 cm³/mol. The van der Waals surface area contributed by atoms with E-state index in [1.165, 1.54) is 0 Å². The molecule has 0 aliphatic rings. The minimum atomic E-state index is -0.219. The van der Waals surface area contributed by atoms with Gasteiger partial charge in [0.25, 0.3) is 11.8 Å². The Labute approximate surface area is 200 Å². The zero-order valence-corrected chi connectivity index (χ0v) is 19.7. The molecule has 3 rings (SSSR count). The first-order valence-corrected chi connectivity index (χ1v) is 11.3. The molecule has 3 aromatic rings. The van der Waals surface area contributed by atoms with Crippen LogP contribution in [-0.2, 0) is 4.79 Å². The Balaban J connectivity index is 1.51. The highest BCUT2D eigenvalue weighted by atomic mass is 16.2. The third-order valence-corrected chi connectivity index (χ3v) is 5.50. The van der Waals surface area contributed by atoms with Gasteiger partial charge in [-0.05, 0) is 74.5 Å². The quantitative estimate of drug-likeness (QED) is 0.495. The lowest BCUT2D eigenvalue weighted by Gasteiger charge is -2.18. The van der Waals surface area contributed by atoms with Crippen LogP contribution in [0.1, 0.15) is 34.6 Å². The Morgan fingerprint density at radius 2 is 1.24 bits per heavy atom. The number of amides is 3. The van der Waals surface area contributed by atoms with E-state index in [9.17, 15) is 14.4 Å². The number of hydrogen-bond donors (Lipinski definition) is 2. The standard InChI is InChI=1S/C27H30N4O3/c1-4-31(5-2)27(34)21-11-15-22(16-12-21)28-19-25(32)29-23-17-13-20(14-18-23)26(33)30(3)24-9-7-6-8-10-24/h6-18,28H,4-5,19H2,1-3H3,(H,29,32). The lowest BCUT2D eigenvalue weighted by atomic mass is 10.1. The molecule has 0 heterocycles. The molecule has 0 fully saturated rings. The minimum Gasteiger partial charge on any atom is -0.376 e. The summed E-state index contributed by atoms with van der Waals surface area (Å²) in [7, 11) is 1.73. The van der Waals surface area contributed by atoms with Gasteiger partial charge in [-0.3, -0.25) is 14.4 Å². The third kappa shape index (κ3) is 6.22. The SMILES string of the molecule is CCN(CC)C(=O)c1ccc(NCC(=O)Nc2ccc(C(=O)N(C)c3ccccc3)cc2)cc1. The second-order valence-electron chi connectivity index (χ2n) is 7.73. The van der Waals surface area contributed by atoms with Crippen molar-refractivity contribution in [2.75, 3.05) is 42.2 Å². The number of anilines is 3. The molecule has 0 atom stereocenters. The smallest absolute Gasteiger partial charge is 0.258 e. The predicted octanol–water partition coefficient (Wildman–Crippen LogP) is 4.50. The third-order valence-electron chi connectivity index (χ3n) is 5.50. The van der Waals surface area contributed by atoms with E-state index in [4.69, 9.17) is 0 Å². The largest absolute Gasteiger partial charge is 0.376 e. The van der Waals surface area contributed by atoms with Gasteiger partial charge in [0.15, 0.2) is 0 Å². The Bertz CT molecular complexity index is 1110. The van der Waals surface area contributed by atoms with E-state index >= 15 is 0 Å². The highest BCUT2D eigenvalue weighted by Gasteiger charge is 2.14. The van der Waals surface area contributed by atoms with E-state index in [0.717, 1.165) is 11.4 Å². The minimum absolute atomic E-state index is 0.00816. The molecule has 0 unspecified atom stereocenters. The Morgan fingerprint density at radius 3 is 1.79 bits per heavy atom. The maximum absolute atomic E-state index is 12.7. The van der Waals surface area contributed by atoms with Gasteiger partial charge in [-0.25, -0.2) is 0 Å². The van der Waals surface area contributed by atoms with E-state index < -0.39 is 0 Å². The van der Waals surface area contributed by atoms with Crippen molar-refractivity contribution in [2.45, 2.75) is 13.8 Å². The van der Waals surface area contributed by atoms with Crippen molar-refractivity contribution in [3.63, 3.8) is 0 Å². The van der Waals surface area contributed by atoms with Gasteiger partial charge in [-0.15, -0.1) is 0 Å². The molecule has 34 heavy (non-hydrogen) atoms. The lowest BCUT2D eigenvalue weighted by molar-refractivity contribution is -0.114. The molecule has 2 N–H and O–H groups in total. The average molecular weight is 459 g/mol. The van der Waals surface area contributed by atoms with Crippen molar-refractivity contribution in [1.82, 2.24) is 4.90 Å². The molecule has 0 saturated heterocycles. The molecule has 0 radical (unpaired) electrons. The van der Waals surface area contributed by atoms with Crippen molar-refractivity contribution in [3.05, 3.63) is 90.0 Å². The summed E-state index contributed by atoms with van der Waals surface area (Å²) in [5.41, 5.74) is 3.30. The van der Waals surface area contributed by atoms with Crippen molar-refractivity contribution in [1.29, 1.82) is 0 Å². The molecular weight excluding hydrogens is 428 g/mol. The van der Waals surface area contributed by atoms with E-state index in [-0.39, 0.29) is 24.3 Å². The highest BCUT2D eigenvalue weighted by Crippen LogP contribution is 2.17. The number of nitrogens with one attached hydrogen (secondary N) is 2. The van der Waals surface area contributed by atoms with Crippen LogP contribution in [0.5, 0.6) is 0 Å². The molecule has 0 spiro atoms. The van der Waals surface area contributed by atoms with Gasteiger partial charge in [0, 0.05) is 48.3 Å². The van der Waals surface area contributed by atoms with Gasteiger partial charge in [0.2, 0.25) is 5.91 Å². The van der Waals surface area contributed by atoms with E-state index in [2.05, 4.69) is 10.6 Å². The fourth-order valence-electron chi connectivity index (χ4n) is 3.47. The summed E-state index contributed by atoms with van der Waals surface area (Å²) in [5, 5.41) is 5.86. The highest BCUT2D eigenvalue weighted by molar-refractivity contribution is 6.06. The number of benzene rings is 3. The lowest BCUT2D eigenvalue weighted by Crippen LogP contribution is -2.30. The van der Waals surface area contributed by atoms with Gasteiger partial charge >= 0.3 is 0 Å². The van der Waals surface area contributed by atoms with Crippen molar-refractivity contribution in [3.8, 4) is 0 Å². The van der Waals surface area contributed by atoms with E-state index in [0.29, 0.717) is 29.9 Å². The molecule has 0 aliphatic carbocycles. The van der Waals surface area contributed by atoms with Crippen LogP contribution in [0.15, 0.2) is 78.9 Å². The second kappa shape index (κ2) is 11.7. The summed E-state index contributed by atoms with van der Waals surface area (Å²) in [6, 6.07) is 23.3. The van der Waals surface area contributed by atoms with Crippen molar-refractivity contribution < 1.29 is 14.4 Å². The van der Waals surface area contributed by atoms with E-state index in [1.807, 2.05) is 44.2 Å². The molecule has 7 heteroatoms. The van der Waals surface area contributed by atoms with Gasteiger partial charge < -0.3 is 20.4 Å². The average Bonchev–Trinajstić information content (AvgIpc) is 2.88. The Kier molecular flexibility index (Phi) is 8.40. The summed E-state index contributed by atoms with van der Waals surface area (Å²) >= 11 is 0. The monoisotopic (exact) mass is 458 g/mol. The summed E-state index contributed by atoms with van der Waals surface area (Å²) in [5.74, 6) is -0.358. The number of rotatable bonds is 9. The first kappa shape index (κ1) is 24.5. The Morgan fingerprint density at radius 1 is 0.706 bits per heavy atom. The molecule has 0 aliphatic heterocycles. The molecule has 0 saturated carbocycles. The van der Waals surface area contributed by atoms with Gasteiger partial charge in [-0.1, -0.05) is 18.2 Å². The normalized spacial score (nSPS) is 10.3. The van der Waals surface area contributed by atoms with Crippen LogP contribution in [0.25, 0.3) is 0 Å². The topological polar surface area (TPSA) is 81.8 Å². The second-order valence-corrected chi connectivity index (χ2v) is 7.73. The van der Waals surface area contributed by atoms with Crippen LogP contribution < -0.4 is 15.5 Å². The van der Waals surface area contributed by atoms with Gasteiger partial charge in [-0.2, -0.15) is 0 Å². The summed E-state index contributed by atoms with van der Waals surface area (Å²) in [6.07, 6.45) is 0. The molecule has 0 bridgehead atoms. The van der Waals surface area contributed by atoms with Crippen molar-refractivity contribution >= 4 is 34.8 Å². The summed E-state index contributed by atoms with van der Waals surface area (Å²) in [4.78, 5) is 40.7. The maximum atomic E-state index is 12.7. The Hall–Kier alpha value is -4.13. The first-order chi connectivity index (χ1) is 16.4. The molecule has 3 aromatic carbocycles. The number of hydrogen-bond acceptors (Lipinski definition) is 4. The number of carbonyl (C=O) groups excluding carboxylic acids is 3. The summed E-state index contributed by atoms with van der Waals surface area (Å²) < 4.78 is 0. The van der Waals surface area contributed by atoms with Crippen molar-refractivity contribution in [2.24, 2.45) is 0 Å². The molecule has 3 amide bonds. The van der Waals surface area contributed by atoms with Crippen LogP contribution in [0.2, 0.25) is 0 Å². The zero-order valence-electron chi connectivity index (χ0n) is 19.7. The van der Waals surface area contributed by atoms with Crippen LogP contribution in [0.3, 0.4) is 0 Å². The van der Waals surface area contributed by atoms with Crippen LogP contribution in [0.4, 0.5) is 17.1 Å². The number of para-hydroxylation sites is 1. The summed E-state index contributed by atoms with van der Waals surface area (Å²) in [6.45, 7) is 5.29. The maximum Gasteiger partial charge on any atom is 0.258 e. The number of carbonyl (C=O) groups is 3. The van der Waals surface area contributed by atoms with E-state index in [1.54, 1.807) is 65.4 Å². The van der Waals surface area contributed by atoms with Crippen LogP contribution in [-0.4, -0.2) is 49.3 Å². The zero-order chi connectivity index (χ0) is 24.5. The van der Waals surface area contributed by atoms with Gasteiger partial charge in [0.05, 0.1) is 6.54 Å². The van der Waals surface area contributed by atoms with Crippen LogP contribution in [0, 0.1) is 0 Å². The van der Waals surface area contributed by atoms with Gasteiger partial charge in [0.1, 0.15) is 0 Å². The number of nitrogens with zero attached hydrogens (tertiary/aromatic N) is 2. The van der Waals surface area contributed by atoms with Crippen LogP contribution >= 0.6 is 0 Å².